The minimum absolute atomic E-state index is 0.204. The van der Waals surface area contributed by atoms with Gasteiger partial charge in [0.1, 0.15) is 5.54 Å². The molecule has 0 aliphatic rings. The highest BCUT2D eigenvalue weighted by atomic mass is 16.5. The van der Waals surface area contributed by atoms with E-state index in [1.54, 1.807) is 7.05 Å². The zero-order chi connectivity index (χ0) is 15.7. The van der Waals surface area contributed by atoms with Crippen molar-refractivity contribution in [3.63, 3.8) is 0 Å². The van der Waals surface area contributed by atoms with E-state index in [1.807, 2.05) is 31.5 Å². The first-order chi connectivity index (χ1) is 10.0. The van der Waals surface area contributed by atoms with Crippen molar-refractivity contribution in [1.29, 1.82) is 0 Å². The van der Waals surface area contributed by atoms with Crippen LogP contribution in [-0.4, -0.2) is 55.7 Å². The Bertz CT molecular complexity index is 425. The summed E-state index contributed by atoms with van der Waals surface area (Å²) in [6, 6.07) is 4.09. The van der Waals surface area contributed by atoms with E-state index in [-0.39, 0.29) is 5.97 Å². The second-order valence-corrected chi connectivity index (χ2v) is 5.59. The van der Waals surface area contributed by atoms with Crippen LogP contribution in [0.1, 0.15) is 25.3 Å². The lowest BCUT2D eigenvalue weighted by Crippen LogP contribution is -2.48. The SMILES string of the molecule is CNC(C)(CCCN(C)CCc1ccncc1)C(=O)OC. The van der Waals surface area contributed by atoms with Crippen LogP contribution in [0.25, 0.3) is 0 Å². The first-order valence-electron chi connectivity index (χ1n) is 7.36. The average molecular weight is 293 g/mol. The number of rotatable bonds is 9. The number of aromatic nitrogens is 1. The Morgan fingerprint density at radius 1 is 1.38 bits per heavy atom. The van der Waals surface area contributed by atoms with Crippen LogP contribution in [-0.2, 0) is 16.0 Å². The molecule has 0 saturated heterocycles. The molecule has 1 aromatic heterocycles. The normalized spacial score (nSPS) is 14.0. The Labute approximate surface area is 127 Å². The Balaban J connectivity index is 2.29. The van der Waals surface area contributed by atoms with Gasteiger partial charge in [-0.3, -0.25) is 9.78 Å². The molecule has 0 aliphatic heterocycles. The summed E-state index contributed by atoms with van der Waals surface area (Å²) in [6.07, 6.45) is 6.36. The maximum Gasteiger partial charge on any atom is 0.325 e. The van der Waals surface area contributed by atoms with Gasteiger partial charge in [-0.1, -0.05) is 0 Å². The Hall–Kier alpha value is -1.46. The Kier molecular flexibility index (Phi) is 7.32. The van der Waals surface area contributed by atoms with Gasteiger partial charge in [0.15, 0.2) is 0 Å². The third-order valence-electron chi connectivity index (χ3n) is 3.94. The molecule has 1 heterocycles. The van der Waals surface area contributed by atoms with Gasteiger partial charge in [0.05, 0.1) is 7.11 Å². The van der Waals surface area contributed by atoms with Crippen molar-refractivity contribution < 1.29 is 9.53 Å². The molecule has 1 rings (SSSR count). The molecule has 1 atom stereocenters. The highest BCUT2D eigenvalue weighted by Gasteiger charge is 2.31. The molecule has 0 amide bonds. The number of hydrogen-bond acceptors (Lipinski definition) is 5. The van der Waals surface area contributed by atoms with E-state index in [0.717, 1.165) is 32.4 Å². The van der Waals surface area contributed by atoms with E-state index in [9.17, 15) is 4.79 Å². The van der Waals surface area contributed by atoms with E-state index in [4.69, 9.17) is 4.74 Å². The molecule has 0 aromatic carbocycles. The van der Waals surface area contributed by atoms with E-state index in [0.29, 0.717) is 0 Å². The highest BCUT2D eigenvalue weighted by Crippen LogP contribution is 2.14. The van der Waals surface area contributed by atoms with Crippen molar-refractivity contribution in [2.45, 2.75) is 31.7 Å². The van der Waals surface area contributed by atoms with E-state index >= 15 is 0 Å². The number of nitrogens with one attached hydrogen (secondary N) is 1. The fourth-order valence-electron chi connectivity index (χ4n) is 2.24. The van der Waals surface area contributed by atoms with Crippen LogP contribution in [0.5, 0.6) is 0 Å². The van der Waals surface area contributed by atoms with Crippen LogP contribution in [0.15, 0.2) is 24.5 Å². The number of esters is 1. The first-order valence-corrected chi connectivity index (χ1v) is 7.36. The number of pyridine rings is 1. The van der Waals surface area contributed by atoms with Crippen LogP contribution in [0, 0.1) is 0 Å². The first kappa shape index (κ1) is 17.6. The summed E-state index contributed by atoms with van der Waals surface area (Å²) in [5.74, 6) is -0.204. The van der Waals surface area contributed by atoms with Crippen molar-refractivity contribution in [1.82, 2.24) is 15.2 Å². The van der Waals surface area contributed by atoms with Gasteiger partial charge in [0, 0.05) is 18.9 Å². The standard InChI is InChI=1S/C16H27N3O2/c1-16(17-2,15(20)21-4)9-5-12-19(3)13-8-14-6-10-18-11-7-14/h6-7,10-11,17H,5,8-9,12-13H2,1-4H3. The van der Waals surface area contributed by atoms with Crippen molar-refractivity contribution >= 4 is 5.97 Å². The molecule has 0 saturated carbocycles. The van der Waals surface area contributed by atoms with Crippen molar-refractivity contribution in [2.24, 2.45) is 0 Å². The molecule has 118 valence electrons. The van der Waals surface area contributed by atoms with Gasteiger partial charge in [-0.25, -0.2) is 0 Å². The number of nitrogens with zero attached hydrogens (tertiary/aromatic N) is 2. The van der Waals surface area contributed by atoms with Gasteiger partial charge >= 0.3 is 5.97 Å². The van der Waals surface area contributed by atoms with Gasteiger partial charge in [-0.05, 0) is 64.5 Å². The largest absolute Gasteiger partial charge is 0.468 e. The van der Waals surface area contributed by atoms with Crippen LogP contribution in [0.3, 0.4) is 0 Å². The maximum atomic E-state index is 11.7. The minimum Gasteiger partial charge on any atom is -0.468 e. The fourth-order valence-corrected chi connectivity index (χ4v) is 2.24. The summed E-state index contributed by atoms with van der Waals surface area (Å²) >= 11 is 0. The zero-order valence-electron chi connectivity index (χ0n) is 13.6. The quantitative estimate of drug-likeness (QED) is 0.699. The maximum absolute atomic E-state index is 11.7. The van der Waals surface area contributed by atoms with Gasteiger partial charge in [-0.2, -0.15) is 0 Å². The molecule has 5 heteroatoms. The van der Waals surface area contributed by atoms with Gasteiger partial charge in [0.25, 0.3) is 0 Å². The van der Waals surface area contributed by atoms with Crippen LogP contribution in [0.2, 0.25) is 0 Å². The van der Waals surface area contributed by atoms with Crippen molar-refractivity contribution in [2.75, 3.05) is 34.3 Å². The number of ether oxygens (including phenoxy) is 1. The van der Waals surface area contributed by atoms with Crippen molar-refractivity contribution in [3.8, 4) is 0 Å². The highest BCUT2D eigenvalue weighted by molar-refractivity contribution is 5.80. The fraction of sp³-hybridized carbons (Fsp3) is 0.625. The number of carbonyl (C=O) groups is 1. The summed E-state index contributed by atoms with van der Waals surface area (Å²) in [4.78, 5) is 18.1. The molecular formula is C16H27N3O2. The smallest absolute Gasteiger partial charge is 0.325 e. The van der Waals surface area contributed by atoms with Gasteiger partial charge in [-0.15, -0.1) is 0 Å². The van der Waals surface area contributed by atoms with E-state index < -0.39 is 5.54 Å². The monoisotopic (exact) mass is 293 g/mol. The average Bonchev–Trinajstić information content (AvgIpc) is 2.52. The van der Waals surface area contributed by atoms with Gasteiger partial charge < -0.3 is 15.0 Å². The summed E-state index contributed by atoms with van der Waals surface area (Å²) in [5.41, 5.74) is 0.701. The predicted octanol–water partition coefficient (Wildman–Crippen LogP) is 1.49. The number of carbonyl (C=O) groups excluding carboxylic acids is 1. The van der Waals surface area contributed by atoms with Crippen LogP contribution in [0.4, 0.5) is 0 Å². The summed E-state index contributed by atoms with van der Waals surface area (Å²) < 4.78 is 4.85. The van der Waals surface area contributed by atoms with E-state index in [1.165, 1.54) is 12.7 Å². The second kappa shape index (κ2) is 8.74. The summed E-state index contributed by atoms with van der Waals surface area (Å²) in [7, 11) is 5.33. The lowest BCUT2D eigenvalue weighted by atomic mass is 9.96. The molecule has 21 heavy (non-hydrogen) atoms. The number of likely N-dealkylation sites (N-methyl/N-ethyl adjacent to an activating group) is 2. The molecule has 0 radical (unpaired) electrons. The lowest BCUT2D eigenvalue weighted by molar-refractivity contribution is -0.148. The van der Waals surface area contributed by atoms with Gasteiger partial charge in [0.2, 0.25) is 0 Å². The number of methoxy groups -OCH3 is 1. The minimum atomic E-state index is -0.597. The third-order valence-corrected chi connectivity index (χ3v) is 3.94. The Morgan fingerprint density at radius 3 is 2.62 bits per heavy atom. The predicted molar refractivity (Wildman–Crippen MR) is 84.2 cm³/mol. The summed E-state index contributed by atoms with van der Waals surface area (Å²) in [5, 5.41) is 3.06. The Morgan fingerprint density at radius 2 is 2.05 bits per heavy atom. The molecule has 0 bridgehead atoms. The van der Waals surface area contributed by atoms with Crippen LogP contribution >= 0.6 is 0 Å². The second-order valence-electron chi connectivity index (χ2n) is 5.59. The molecular weight excluding hydrogens is 266 g/mol. The molecule has 0 fully saturated rings. The lowest BCUT2D eigenvalue weighted by Gasteiger charge is -2.27. The molecule has 1 aromatic rings. The topological polar surface area (TPSA) is 54.5 Å². The molecule has 5 nitrogen and oxygen atoms in total. The van der Waals surface area contributed by atoms with E-state index in [2.05, 4.69) is 22.2 Å². The molecule has 1 N–H and O–H groups in total. The molecule has 0 aliphatic carbocycles. The van der Waals surface area contributed by atoms with Crippen LogP contribution < -0.4 is 5.32 Å². The third kappa shape index (κ3) is 5.81. The molecule has 1 unspecified atom stereocenters. The number of hydrogen-bond donors (Lipinski definition) is 1. The zero-order valence-corrected chi connectivity index (χ0v) is 13.6. The molecule has 0 spiro atoms. The summed E-state index contributed by atoms with van der Waals surface area (Å²) in [6.45, 7) is 3.84. The van der Waals surface area contributed by atoms with Crippen molar-refractivity contribution in [3.05, 3.63) is 30.1 Å².